The molecule has 0 atom stereocenters. The molecule has 0 unspecified atom stereocenters. The Kier molecular flexibility index (Phi) is 6.54. The number of hydrogen-bond acceptors (Lipinski definition) is 6. The molecular weight excluding hydrogens is 434 g/mol. The first-order valence-corrected chi connectivity index (χ1v) is 9.96. The van der Waals surface area contributed by atoms with E-state index in [1.54, 1.807) is 6.07 Å². The Morgan fingerprint density at radius 1 is 1.28 bits per heavy atom. The van der Waals surface area contributed by atoms with Gasteiger partial charge in [0.1, 0.15) is 11.3 Å². The summed E-state index contributed by atoms with van der Waals surface area (Å²) in [6.07, 6.45) is -3.22. The molecule has 0 amide bonds. The van der Waals surface area contributed by atoms with Crippen molar-refractivity contribution in [1.29, 1.82) is 0 Å². The fourth-order valence-electron chi connectivity index (χ4n) is 3.46. The molecule has 0 saturated carbocycles. The molecule has 2 N–H and O–H groups in total. The van der Waals surface area contributed by atoms with Gasteiger partial charge >= 0.3 is 12.1 Å². The molecule has 2 aromatic heterocycles. The summed E-state index contributed by atoms with van der Waals surface area (Å²) in [6, 6.07) is 5.01. The van der Waals surface area contributed by atoms with Crippen molar-refractivity contribution in [2.75, 3.05) is 13.1 Å². The maximum Gasteiger partial charge on any atom is 0.490 e. The largest absolute Gasteiger partial charge is 0.490 e. The lowest BCUT2D eigenvalue weighted by atomic mass is 9.81. The highest BCUT2D eigenvalue weighted by Gasteiger charge is 2.38. The Morgan fingerprint density at radius 2 is 1.91 bits per heavy atom. The lowest BCUT2D eigenvalue weighted by molar-refractivity contribution is -0.192. The molecule has 32 heavy (non-hydrogen) atoms. The zero-order valence-corrected chi connectivity index (χ0v) is 17.7. The maximum absolute atomic E-state index is 14.5. The monoisotopic (exact) mass is 457 g/mol. The van der Waals surface area contributed by atoms with Crippen molar-refractivity contribution < 1.29 is 32.0 Å². The molecule has 0 radical (unpaired) electrons. The van der Waals surface area contributed by atoms with Crippen molar-refractivity contribution in [3.8, 4) is 5.95 Å². The van der Waals surface area contributed by atoms with E-state index in [0.717, 1.165) is 37.0 Å². The third kappa shape index (κ3) is 4.74. The van der Waals surface area contributed by atoms with Gasteiger partial charge in [0.2, 0.25) is 5.89 Å². The normalized spacial score (nSPS) is 16.1. The Morgan fingerprint density at radius 3 is 2.47 bits per heavy atom. The lowest BCUT2D eigenvalue weighted by Crippen LogP contribution is -2.37. The van der Waals surface area contributed by atoms with Crippen LogP contribution in [0, 0.1) is 5.82 Å². The number of nitrogens with one attached hydrogen (secondary N) is 1. The molecule has 1 saturated heterocycles. The van der Waals surface area contributed by atoms with Crippen LogP contribution >= 0.6 is 0 Å². The van der Waals surface area contributed by atoms with Crippen LogP contribution in [-0.2, 0) is 10.2 Å². The van der Waals surface area contributed by atoms with Crippen molar-refractivity contribution in [2.45, 2.75) is 51.1 Å². The van der Waals surface area contributed by atoms with Crippen LogP contribution in [0.1, 0.15) is 51.1 Å². The quantitative estimate of drug-likeness (QED) is 0.574. The number of aliphatic carboxylic acids is 1. The number of aromatic nitrogens is 4. The van der Waals surface area contributed by atoms with Crippen LogP contribution in [0.4, 0.5) is 17.6 Å². The molecule has 0 spiro atoms. The third-order valence-corrected chi connectivity index (χ3v) is 5.30. The van der Waals surface area contributed by atoms with Crippen molar-refractivity contribution in [1.82, 2.24) is 25.2 Å². The molecule has 1 aliphatic heterocycles. The summed E-state index contributed by atoms with van der Waals surface area (Å²) in [6.45, 7) is 8.05. The van der Waals surface area contributed by atoms with E-state index in [-0.39, 0.29) is 23.1 Å². The Labute approximate surface area is 180 Å². The van der Waals surface area contributed by atoms with Crippen LogP contribution in [-0.4, -0.2) is 50.3 Å². The number of benzene rings is 1. The number of piperidine rings is 1. The molecule has 3 aromatic rings. The van der Waals surface area contributed by atoms with Gasteiger partial charge in [0, 0.05) is 10.8 Å². The summed E-state index contributed by atoms with van der Waals surface area (Å²) >= 11 is 0. The average molecular weight is 457 g/mol. The van der Waals surface area contributed by atoms with Crippen LogP contribution in [0.25, 0.3) is 16.9 Å². The first kappa shape index (κ1) is 23.6. The number of hydrogen-bond donors (Lipinski definition) is 2. The van der Waals surface area contributed by atoms with Crippen molar-refractivity contribution in [3.63, 3.8) is 0 Å². The third-order valence-electron chi connectivity index (χ3n) is 5.30. The Balaban J connectivity index is 0.000000360. The van der Waals surface area contributed by atoms with Crippen LogP contribution in [0.15, 0.2) is 22.7 Å². The van der Waals surface area contributed by atoms with Gasteiger partial charge in [-0.3, -0.25) is 0 Å². The highest BCUT2D eigenvalue weighted by atomic mass is 19.4. The van der Waals surface area contributed by atoms with E-state index >= 15 is 0 Å². The van der Waals surface area contributed by atoms with Gasteiger partial charge in [0.05, 0.1) is 5.69 Å². The molecule has 1 fully saturated rings. The number of carbonyl (C=O) groups is 1. The number of rotatable bonds is 3. The number of halogens is 4. The zero-order valence-electron chi connectivity index (χ0n) is 17.7. The number of fused-ring (bicyclic) bond motifs is 1. The topological polar surface area (TPSA) is 106 Å². The van der Waals surface area contributed by atoms with E-state index in [1.807, 2.05) is 19.9 Å². The smallest absolute Gasteiger partial charge is 0.475 e. The van der Waals surface area contributed by atoms with Gasteiger partial charge in [0.25, 0.3) is 5.95 Å². The van der Waals surface area contributed by atoms with Crippen molar-refractivity contribution in [2.24, 2.45) is 0 Å². The average Bonchev–Trinajstić information content (AvgIpc) is 3.34. The number of para-hydroxylation sites is 1. The standard InChI is InChI=1S/C18H22FN5O.C2HF3O2/c1-11(2)14-12-5-4-6-13(19)15(12)24(22-14)17-21-16(25-23-17)18(3)7-9-20-10-8-18;3-2(4,5)1(6)7/h4-6,11,20H,7-10H2,1-3H3;(H,6,7). The minimum absolute atomic E-state index is 0.154. The van der Waals surface area contributed by atoms with Gasteiger partial charge in [-0.05, 0) is 43.1 Å². The minimum atomic E-state index is -5.08. The second kappa shape index (κ2) is 8.85. The summed E-state index contributed by atoms with van der Waals surface area (Å²) in [7, 11) is 0. The zero-order chi connectivity index (χ0) is 23.7. The molecule has 1 aromatic carbocycles. The molecule has 3 heterocycles. The Bertz CT molecular complexity index is 1100. The van der Waals surface area contributed by atoms with Crippen LogP contribution in [0.3, 0.4) is 0 Å². The highest BCUT2D eigenvalue weighted by molar-refractivity contribution is 5.84. The second-order valence-corrected chi connectivity index (χ2v) is 8.10. The highest BCUT2D eigenvalue weighted by Crippen LogP contribution is 2.33. The predicted molar refractivity (Wildman–Crippen MR) is 106 cm³/mol. The van der Waals surface area contributed by atoms with E-state index < -0.39 is 12.1 Å². The number of nitrogens with zero attached hydrogens (tertiary/aromatic N) is 4. The SMILES string of the molecule is CC(C)c1nn(-c2noc(C3(C)CCNCC3)n2)c2c(F)cccc12.O=C(O)C(F)(F)F. The van der Waals surface area contributed by atoms with Crippen LogP contribution < -0.4 is 5.32 Å². The first-order chi connectivity index (χ1) is 14.9. The molecule has 1 aliphatic rings. The lowest BCUT2D eigenvalue weighted by Gasteiger charge is -2.29. The van der Waals surface area contributed by atoms with E-state index in [9.17, 15) is 17.6 Å². The van der Waals surface area contributed by atoms with Gasteiger partial charge in [-0.15, -0.1) is 0 Å². The van der Waals surface area contributed by atoms with E-state index in [1.165, 1.54) is 10.7 Å². The van der Waals surface area contributed by atoms with Crippen LogP contribution in [0.2, 0.25) is 0 Å². The summed E-state index contributed by atoms with van der Waals surface area (Å²) < 4.78 is 53.2. The molecule has 0 bridgehead atoms. The summed E-state index contributed by atoms with van der Waals surface area (Å²) in [4.78, 5) is 13.5. The second-order valence-electron chi connectivity index (χ2n) is 8.10. The van der Waals surface area contributed by atoms with Gasteiger partial charge in [-0.2, -0.15) is 27.9 Å². The van der Waals surface area contributed by atoms with E-state index in [0.29, 0.717) is 11.4 Å². The molecule has 12 heteroatoms. The molecular formula is C20H23F4N5O3. The molecule has 174 valence electrons. The fraction of sp³-hybridized carbons (Fsp3) is 0.500. The fourth-order valence-corrected chi connectivity index (χ4v) is 3.46. The maximum atomic E-state index is 14.5. The molecule has 4 rings (SSSR count). The van der Waals surface area contributed by atoms with Crippen LogP contribution in [0.5, 0.6) is 0 Å². The predicted octanol–water partition coefficient (Wildman–Crippen LogP) is 3.95. The molecule has 8 nitrogen and oxygen atoms in total. The summed E-state index contributed by atoms with van der Waals surface area (Å²) in [5, 5.41) is 19.9. The van der Waals surface area contributed by atoms with Crippen molar-refractivity contribution in [3.05, 3.63) is 35.6 Å². The van der Waals surface area contributed by atoms with Gasteiger partial charge in [-0.25, -0.2) is 9.18 Å². The summed E-state index contributed by atoms with van der Waals surface area (Å²) in [5.74, 6) is -2.05. The van der Waals surface area contributed by atoms with Crippen molar-refractivity contribution >= 4 is 16.9 Å². The minimum Gasteiger partial charge on any atom is -0.475 e. The van der Waals surface area contributed by atoms with Gasteiger partial charge in [0.15, 0.2) is 0 Å². The Hall–Kier alpha value is -3.02. The number of alkyl halides is 3. The molecule has 0 aliphatic carbocycles. The van der Waals surface area contributed by atoms with Gasteiger partial charge in [-0.1, -0.05) is 32.9 Å². The first-order valence-electron chi connectivity index (χ1n) is 9.96. The van der Waals surface area contributed by atoms with E-state index in [2.05, 4.69) is 27.5 Å². The number of carboxylic acid groups (broad SMARTS) is 1. The summed E-state index contributed by atoms with van der Waals surface area (Å²) in [5.41, 5.74) is 1.07. The van der Waals surface area contributed by atoms with E-state index in [4.69, 9.17) is 14.4 Å². The number of carboxylic acids is 1. The van der Waals surface area contributed by atoms with Gasteiger partial charge < -0.3 is 14.9 Å².